The maximum Gasteiger partial charge on any atom is 0.344 e. The van der Waals surface area contributed by atoms with Gasteiger partial charge < -0.3 is 9.47 Å². The average molecular weight is 346 g/mol. The zero-order valence-electron chi connectivity index (χ0n) is 14.6. The number of rotatable bonds is 3. The third-order valence-electron chi connectivity index (χ3n) is 6.03. The molecule has 0 spiro atoms. The first-order valence-electron chi connectivity index (χ1n) is 8.83. The number of ketones is 2. The summed E-state index contributed by atoms with van der Waals surface area (Å²) in [6.45, 7) is 4.76. The van der Waals surface area contributed by atoms with Crippen molar-refractivity contribution in [3.05, 3.63) is 12.2 Å². The molecule has 3 fully saturated rings. The summed E-state index contributed by atoms with van der Waals surface area (Å²) >= 11 is 0. The molecule has 0 saturated heterocycles. The molecular formula is C19H22O6. The minimum absolute atomic E-state index is 0.0622. The van der Waals surface area contributed by atoms with Gasteiger partial charge in [-0.05, 0) is 39.0 Å². The molecule has 0 amide bonds. The van der Waals surface area contributed by atoms with Crippen LogP contribution in [0.2, 0.25) is 0 Å². The molecule has 7 unspecified atom stereocenters. The number of carbonyl (C=O) groups is 4. The zero-order valence-corrected chi connectivity index (χ0v) is 14.6. The molecule has 4 aliphatic rings. The van der Waals surface area contributed by atoms with Crippen molar-refractivity contribution in [2.24, 2.45) is 41.4 Å². The van der Waals surface area contributed by atoms with Crippen LogP contribution in [-0.2, 0) is 28.7 Å². The van der Waals surface area contributed by atoms with Gasteiger partial charge in [0, 0.05) is 23.7 Å². The molecule has 134 valence electrons. The molecule has 6 heteroatoms. The van der Waals surface area contributed by atoms with Gasteiger partial charge in [0.15, 0.2) is 6.61 Å². The Morgan fingerprint density at radius 1 is 1.08 bits per heavy atom. The molecule has 7 atom stereocenters. The first-order valence-corrected chi connectivity index (χ1v) is 8.83. The third-order valence-corrected chi connectivity index (χ3v) is 6.03. The quantitative estimate of drug-likeness (QED) is 0.435. The van der Waals surface area contributed by atoms with Crippen molar-refractivity contribution in [2.45, 2.75) is 32.8 Å². The minimum Gasteiger partial charge on any atom is -0.457 e. The van der Waals surface area contributed by atoms with Crippen molar-refractivity contribution in [3.8, 4) is 0 Å². The van der Waals surface area contributed by atoms with Crippen molar-refractivity contribution in [1.29, 1.82) is 0 Å². The van der Waals surface area contributed by atoms with Gasteiger partial charge in [0.05, 0.1) is 5.92 Å². The smallest absolute Gasteiger partial charge is 0.344 e. The summed E-state index contributed by atoms with van der Waals surface area (Å²) in [4.78, 5) is 49.0. The highest BCUT2D eigenvalue weighted by atomic mass is 16.6. The monoisotopic (exact) mass is 346 g/mol. The predicted octanol–water partition coefficient (Wildman–Crippen LogP) is 1.32. The van der Waals surface area contributed by atoms with E-state index < -0.39 is 36.0 Å². The van der Waals surface area contributed by atoms with E-state index in [4.69, 9.17) is 9.47 Å². The van der Waals surface area contributed by atoms with Crippen LogP contribution in [0.3, 0.4) is 0 Å². The zero-order chi connectivity index (χ0) is 18.1. The summed E-state index contributed by atoms with van der Waals surface area (Å²) < 4.78 is 10.2. The largest absolute Gasteiger partial charge is 0.457 e. The summed E-state index contributed by atoms with van der Waals surface area (Å²) in [6.07, 6.45) is 4.26. The lowest BCUT2D eigenvalue weighted by atomic mass is 9.69. The van der Waals surface area contributed by atoms with E-state index >= 15 is 0 Å². The van der Waals surface area contributed by atoms with Gasteiger partial charge in [0.2, 0.25) is 0 Å². The molecule has 4 aliphatic carbocycles. The van der Waals surface area contributed by atoms with Crippen LogP contribution in [0.15, 0.2) is 12.2 Å². The molecule has 25 heavy (non-hydrogen) atoms. The Labute approximate surface area is 145 Å². The Morgan fingerprint density at radius 2 is 1.72 bits per heavy atom. The van der Waals surface area contributed by atoms with Crippen LogP contribution >= 0.6 is 0 Å². The first kappa shape index (κ1) is 16.5. The Balaban J connectivity index is 1.43. The fourth-order valence-electron chi connectivity index (χ4n) is 5.38. The highest BCUT2D eigenvalue weighted by Gasteiger charge is 2.69. The Kier molecular flexibility index (Phi) is 3.47. The summed E-state index contributed by atoms with van der Waals surface area (Å²) in [6, 6.07) is 0. The number of Topliss-reactive ketones (excluding diaryl/α,β-unsaturated/α-hetero) is 2. The lowest BCUT2D eigenvalue weighted by Crippen LogP contribution is -2.36. The summed E-state index contributed by atoms with van der Waals surface area (Å²) in [5.41, 5.74) is -0.644. The molecule has 4 rings (SSSR count). The average Bonchev–Trinajstić information content (AvgIpc) is 3.20. The first-order chi connectivity index (χ1) is 11.7. The molecule has 6 nitrogen and oxygen atoms in total. The molecule has 0 aliphatic heterocycles. The highest BCUT2D eigenvalue weighted by Crippen LogP contribution is 2.64. The van der Waals surface area contributed by atoms with Crippen LogP contribution < -0.4 is 0 Å². The van der Waals surface area contributed by atoms with Gasteiger partial charge in [-0.1, -0.05) is 12.2 Å². The number of carbonyl (C=O) groups excluding carboxylic acids is 4. The van der Waals surface area contributed by atoms with Crippen LogP contribution in [0.1, 0.15) is 27.2 Å². The molecule has 0 radical (unpaired) electrons. The Hall–Kier alpha value is -1.98. The number of esters is 2. The van der Waals surface area contributed by atoms with Crippen LogP contribution in [0.5, 0.6) is 0 Å². The number of allylic oxidation sites excluding steroid dienone is 2. The highest BCUT2D eigenvalue weighted by molar-refractivity contribution is 6.01. The van der Waals surface area contributed by atoms with E-state index in [-0.39, 0.29) is 41.2 Å². The normalized spacial score (nSPS) is 40.5. The molecule has 0 aromatic heterocycles. The van der Waals surface area contributed by atoms with Crippen LogP contribution in [0.25, 0.3) is 0 Å². The Morgan fingerprint density at radius 3 is 2.36 bits per heavy atom. The van der Waals surface area contributed by atoms with Gasteiger partial charge in [-0.2, -0.15) is 0 Å². The van der Waals surface area contributed by atoms with Crippen molar-refractivity contribution >= 4 is 23.5 Å². The summed E-state index contributed by atoms with van der Waals surface area (Å²) in [7, 11) is 0. The maximum absolute atomic E-state index is 12.6. The second-order valence-electron chi connectivity index (χ2n) is 8.56. The molecule has 0 heterocycles. The number of hydrogen-bond acceptors (Lipinski definition) is 6. The number of hydrogen-bond donors (Lipinski definition) is 0. The van der Waals surface area contributed by atoms with Gasteiger partial charge in [-0.3, -0.25) is 14.4 Å². The third kappa shape index (κ3) is 2.37. The maximum atomic E-state index is 12.6. The second kappa shape index (κ2) is 5.26. The van der Waals surface area contributed by atoms with E-state index in [2.05, 4.69) is 0 Å². The molecular weight excluding hydrogens is 324 g/mol. The van der Waals surface area contributed by atoms with E-state index in [1.807, 2.05) is 12.2 Å². The van der Waals surface area contributed by atoms with E-state index in [1.54, 1.807) is 20.8 Å². The molecule has 4 bridgehead atoms. The van der Waals surface area contributed by atoms with Gasteiger partial charge in [-0.25, -0.2) is 4.79 Å². The lowest BCUT2D eigenvalue weighted by Gasteiger charge is -2.33. The Bertz CT molecular complexity index is 699. The van der Waals surface area contributed by atoms with Crippen LogP contribution in [0, 0.1) is 41.4 Å². The van der Waals surface area contributed by atoms with Crippen molar-refractivity contribution in [2.75, 3.05) is 6.61 Å². The number of fused-ring (bicyclic) bond motifs is 9. The van der Waals surface area contributed by atoms with E-state index in [0.29, 0.717) is 6.42 Å². The van der Waals surface area contributed by atoms with Gasteiger partial charge in [0.1, 0.15) is 17.2 Å². The summed E-state index contributed by atoms with van der Waals surface area (Å²) in [5.74, 6) is -2.41. The van der Waals surface area contributed by atoms with Gasteiger partial charge >= 0.3 is 11.9 Å². The predicted molar refractivity (Wildman–Crippen MR) is 85.0 cm³/mol. The fraction of sp³-hybridized carbons (Fsp3) is 0.684. The summed E-state index contributed by atoms with van der Waals surface area (Å²) in [5, 5.41) is 0. The number of ether oxygens (including phenoxy) is 2. The second-order valence-corrected chi connectivity index (χ2v) is 8.56. The topological polar surface area (TPSA) is 86.7 Å². The van der Waals surface area contributed by atoms with Crippen molar-refractivity contribution < 1.29 is 28.7 Å². The fourth-order valence-corrected chi connectivity index (χ4v) is 5.38. The van der Waals surface area contributed by atoms with Crippen molar-refractivity contribution in [1.82, 2.24) is 0 Å². The van der Waals surface area contributed by atoms with Crippen molar-refractivity contribution in [3.63, 3.8) is 0 Å². The molecule has 3 saturated carbocycles. The van der Waals surface area contributed by atoms with Crippen LogP contribution in [-0.4, -0.2) is 35.7 Å². The van der Waals surface area contributed by atoms with E-state index in [0.717, 1.165) is 0 Å². The van der Waals surface area contributed by atoms with Gasteiger partial charge in [-0.15, -0.1) is 0 Å². The SMILES string of the molecule is CC(C)(C)OC(=O)COC(=O)C1CC2C(=O)C1C1C3C=CC(C3=O)C21. The van der Waals surface area contributed by atoms with E-state index in [9.17, 15) is 19.2 Å². The molecule has 0 N–H and O–H groups in total. The standard InChI is InChI=1S/C19H22O6/c1-19(2,3)25-12(20)7-24-18(23)11-6-10-13-8-4-5-9(16(8)21)14(13)15(11)17(10)22/h4-5,8-11,13-15H,6-7H2,1-3H3. The lowest BCUT2D eigenvalue weighted by molar-refractivity contribution is -0.169. The molecule has 0 aromatic rings. The van der Waals surface area contributed by atoms with Gasteiger partial charge in [0.25, 0.3) is 0 Å². The molecule has 0 aromatic carbocycles. The van der Waals surface area contributed by atoms with E-state index in [1.165, 1.54) is 0 Å². The van der Waals surface area contributed by atoms with Crippen LogP contribution in [0.4, 0.5) is 0 Å². The minimum atomic E-state index is -0.644.